The molecule has 0 radical (unpaired) electrons. The summed E-state index contributed by atoms with van der Waals surface area (Å²) < 4.78 is 0. The van der Waals surface area contributed by atoms with E-state index >= 15 is 0 Å². The van der Waals surface area contributed by atoms with Gasteiger partial charge < -0.3 is 5.11 Å². The first-order valence-electron chi connectivity index (χ1n) is 7.24. The maximum atomic E-state index is 10.8. The zero-order valence-electron chi connectivity index (χ0n) is 12.2. The molecule has 0 aliphatic heterocycles. The van der Waals surface area contributed by atoms with Gasteiger partial charge in [0.05, 0.1) is 5.56 Å². The lowest BCUT2D eigenvalue weighted by Crippen LogP contribution is -2.29. The molecule has 0 saturated heterocycles. The van der Waals surface area contributed by atoms with Crippen molar-refractivity contribution in [3.05, 3.63) is 35.4 Å². The molecule has 1 aromatic rings. The largest absolute Gasteiger partial charge is 0.478 e. The van der Waals surface area contributed by atoms with Crippen molar-refractivity contribution < 1.29 is 9.90 Å². The monoisotopic (exact) mass is 293 g/mol. The lowest BCUT2D eigenvalue weighted by Gasteiger charge is -2.24. The molecule has 1 aliphatic rings. The van der Waals surface area contributed by atoms with E-state index in [1.165, 1.54) is 30.6 Å². The molecule has 2 unspecified atom stereocenters. The molecule has 1 aliphatic carbocycles. The first-order chi connectivity index (χ1) is 9.60. The van der Waals surface area contributed by atoms with Gasteiger partial charge in [0.2, 0.25) is 0 Å². The zero-order chi connectivity index (χ0) is 14.5. The van der Waals surface area contributed by atoms with E-state index in [0.717, 1.165) is 11.8 Å². The van der Waals surface area contributed by atoms with Gasteiger partial charge in [-0.3, -0.25) is 4.90 Å². The molecule has 0 amide bonds. The minimum atomic E-state index is -0.861. The first-order valence-corrected chi connectivity index (χ1v) is 8.29. The molecule has 1 N–H and O–H groups in total. The van der Waals surface area contributed by atoms with Gasteiger partial charge in [0.15, 0.2) is 0 Å². The van der Waals surface area contributed by atoms with Crippen LogP contribution < -0.4 is 0 Å². The quantitative estimate of drug-likeness (QED) is 0.871. The number of thioether (sulfide) groups is 1. The molecule has 20 heavy (non-hydrogen) atoms. The molecule has 0 heterocycles. The van der Waals surface area contributed by atoms with Gasteiger partial charge in [-0.2, -0.15) is 11.8 Å². The molecule has 1 aromatic carbocycles. The molecular formula is C16H23NO2S. The van der Waals surface area contributed by atoms with E-state index in [9.17, 15) is 4.79 Å². The molecule has 3 nitrogen and oxygen atoms in total. The van der Waals surface area contributed by atoms with Gasteiger partial charge in [-0.25, -0.2) is 4.79 Å². The van der Waals surface area contributed by atoms with Crippen LogP contribution in [0.2, 0.25) is 0 Å². The van der Waals surface area contributed by atoms with Crippen molar-refractivity contribution in [3.8, 4) is 0 Å². The summed E-state index contributed by atoms with van der Waals surface area (Å²) in [6, 6.07) is 7.89. The molecule has 0 spiro atoms. The summed E-state index contributed by atoms with van der Waals surface area (Å²) in [5.74, 6) is 0.345. The van der Waals surface area contributed by atoms with Gasteiger partial charge in [-0.1, -0.05) is 19.1 Å². The van der Waals surface area contributed by atoms with Crippen LogP contribution in [0.4, 0.5) is 0 Å². The van der Waals surface area contributed by atoms with E-state index in [0.29, 0.717) is 11.6 Å². The smallest absolute Gasteiger partial charge is 0.335 e. The summed E-state index contributed by atoms with van der Waals surface area (Å²) in [6.45, 7) is 3.12. The third-order valence-electron chi connectivity index (χ3n) is 4.02. The summed E-state index contributed by atoms with van der Waals surface area (Å²) in [7, 11) is 2.18. The van der Waals surface area contributed by atoms with Crippen molar-refractivity contribution in [1.29, 1.82) is 0 Å². The molecule has 0 bridgehead atoms. The van der Waals surface area contributed by atoms with Crippen molar-refractivity contribution in [3.63, 3.8) is 0 Å². The normalized spacial score (nSPS) is 22.4. The van der Waals surface area contributed by atoms with E-state index in [4.69, 9.17) is 5.11 Å². The Morgan fingerprint density at radius 2 is 2.05 bits per heavy atom. The van der Waals surface area contributed by atoms with Crippen LogP contribution in [-0.2, 0) is 6.54 Å². The van der Waals surface area contributed by atoms with Gasteiger partial charge in [-0.05, 0) is 49.8 Å². The van der Waals surface area contributed by atoms with Crippen molar-refractivity contribution >= 4 is 17.7 Å². The Balaban J connectivity index is 1.88. The highest BCUT2D eigenvalue weighted by molar-refractivity contribution is 7.99. The topological polar surface area (TPSA) is 40.5 Å². The minimum absolute atomic E-state index is 0.358. The Morgan fingerprint density at radius 3 is 2.65 bits per heavy atom. The first kappa shape index (κ1) is 15.4. The molecule has 2 atom stereocenters. The predicted molar refractivity (Wildman–Crippen MR) is 84.4 cm³/mol. The van der Waals surface area contributed by atoms with Crippen LogP contribution in [0.25, 0.3) is 0 Å². The number of rotatable bonds is 6. The van der Waals surface area contributed by atoms with Crippen LogP contribution in [0, 0.1) is 0 Å². The molecule has 1 fully saturated rings. The van der Waals surface area contributed by atoms with Gasteiger partial charge in [-0.15, -0.1) is 0 Å². The van der Waals surface area contributed by atoms with Crippen LogP contribution in [-0.4, -0.2) is 40.1 Å². The molecule has 2 rings (SSSR count). The van der Waals surface area contributed by atoms with Crippen molar-refractivity contribution in [2.75, 3.05) is 12.8 Å². The molecular weight excluding hydrogens is 270 g/mol. The maximum absolute atomic E-state index is 10.8. The summed E-state index contributed by atoms with van der Waals surface area (Å²) >= 11 is 2.08. The fraction of sp³-hybridized carbons (Fsp3) is 0.562. The number of hydrogen-bond acceptors (Lipinski definition) is 3. The standard InChI is InChI=1S/C16H23NO2S/c1-3-20-15-9-8-14(10-15)17(2)11-12-4-6-13(7-5-12)16(18)19/h4-7,14-15H,3,8-11H2,1-2H3,(H,18,19). The number of benzene rings is 1. The van der Waals surface area contributed by atoms with E-state index in [-0.39, 0.29) is 0 Å². The van der Waals surface area contributed by atoms with Gasteiger partial charge in [0.25, 0.3) is 0 Å². The summed E-state index contributed by atoms with van der Waals surface area (Å²) in [4.78, 5) is 13.2. The number of aromatic carboxylic acids is 1. The van der Waals surface area contributed by atoms with Gasteiger partial charge in [0.1, 0.15) is 0 Å². The van der Waals surface area contributed by atoms with E-state index in [2.05, 4.69) is 30.6 Å². The Morgan fingerprint density at radius 1 is 1.35 bits per heavy atom. The van der Waals surface area contributed by atoms with E-state index < -0.39 is 5.97 Å². The van der Waals surface area contributed by atoms with Crippen LogP contribution in [0.1, 0.15) is 42.1 Å². The molecule has 110 valence electrons. The fourth-order valence-electron chi connectivity index (χ4n) is 2.87. The lowest BCUT2D eigenvalue weighted by molar-refractivity contribution is 0.0697. The highest BCUT2D eigenvalue weighted by Crippen LogP contribution is 2.32. The van der Waals surface area contributed by atoms with Crippen LogP contribution in [0.5, 0.6) is 0 Å². The number of hydrogen-bond donors (Lipinski definition) is 1. The molecule has 0 aromatic heterocycles. The molecule has 1 saturated carbocycles. The molecule has 4 heteroatoms. The van der Waals surface area contributed by atoms with Crippen LogP contribution in [0.3, 0.4) is 0 Å². The Bertz CT molecular complexity index is 446. The van der Waals surface area contributed by atoms with Gasteiger partial charge in [0, 0.05) is 17.8 Å². The van der Waals surface area contributed by atoms with E-state index in [1.807, 2.05) is 12.1 Å². The SMILES string of the molecule is CCSC1CCC(N(C)Cc2ccc(C(=O)O)cc2)C1. The maximum Gasteiger partial charge on any atom is 0.335 e. The average Bonchev–Trinajstić information content (AvgIpc) is 2.88. The van der Waals surface area contributed by atoms with Crippen LogP contribution in [0.15, 0.2) is 24.3 Å². The Hall–Kier alpha value is -1.00. The van der Waals surface area contributed by atoms with Crippen molar-refractivity contribution in [2.24, 2.45) is 0 Å². The highest BCUT2D eigenvalue weighted by Gasteiger charge is 2.27. The van der Waals surface area contributed by atoms with Crippen molar-refractivity contribution in [2.45, 2.75) is 44.0 Å². The Labute approximate surface area is 125 Å². The number of nitrogens with zero attached hydrogens (tertiary/aromatic N) is 1. The number of carbonyl (C=O) groups is 1. The lowest BCUT2D eigenvalue weighted by atomic mass is 10.1. The second-order valence-corrected chi connectivity index (χ2v) is 7.04. The third-order valence-corrected chi connectivity index (χ3v) is 5.25. The summed E-state index contributed by atoms with van der Waals surface area (Å²) in [6.07, 6.45) is 3.88. The minimum Gasteiger partial charge on any atom is -0.478 e. The average molecular weight is 293 g/mol. The second kappa shape index (κ2) is 7.14. The van der Waals surface area contributed by atoms with E-state index in [1.54, 1.807) is 12.1 Å². The Kier molecular flexibility index (Phi) is 5.49. The number of carboxylic acids is 1. The van der Waals surface area contributed by atoms with Crippen molar-refractivity contribution in [1.82, 2.24) is 4.90 Å². The predicted octanol–water partition coefficient (Wildman–Crippen LogP) is 3.49. The zero-order valence-corrected chi connectivity index (χ0v) is 13.0. The van der Waals surface area contributed by atoms with Crippen LogP contribution >= 0.6 is 11.8 Å². The fourth-order valence-corrected chi connectivity index (χ4v) is 4.01. The van der Waals surface area contributed by atoms with Gasteiger partial charge >= 0.3 is 5.97 Å². The highest BCUT2D eigenvalue weighted by atomic mass is 32.2. The number of carboxylic acid groups (broad SMARTS) is 1. The second-order valence-electron chi connectivity index (χ2n) is 5.46. The summed E-state index contributed by atoms with van der Waals surface area (Å²) in [5.41, 5.74) is 1.54. The third kappa shape index (κ3) is 4.00. The summed E-state index contributed by atoms with van der Waals surface area (Å²) in [5, 5.41) is 9.72.